The zero-order chi connectivity index (χ0) is 31.8. The van der Waals surface area contributed by atoms with E-state index in [0.717, 1.165) is 49.4 Å². The molecule has 3 aromatic heterocycles. The molecular formula is C32H35F3N6O4. The number of aryl methyl sites for hydroxylation is 1. The number of benzene rings is 1. The molecular weight excluding hydrogens is 589 g/mol. The fourth-order valence-electron chi connectivity index (χ4n) is 5.04. The number of alkyl halides is 3. The molecule has 4 heterocycles. The number of aromatic nitrogens is 4. The van der Waals surface area contributed by atoms with E-state index in [4.69, 9.17) is 9.57 Å². The highest BCUT2D eigenvalue weighted by atomic mass is 19.4. The summed E-state index contributed by atoms with van der Waals surface area (Å²) in [4.78, 5) is 38.0. The fraction of sp³-hybridized carbons (Fsp3) is 0.406. The Morgan fingerprint density at radius 2 is 1.82 bits per heavy atom. The lowest BCUT2D eigenvalue weighted by atomic mass is 10.1. The average Bonchev–Trinajstić information content (AvgIpc) is 3.46. The molecule has 1 unspecified atom stereocenters. The molecule has 2 amide bonds. The van der Waals surface area contributed by atoms with Crippen molar-refractivity contribution in [3.63, 3.8) is 0 Å². The van der Waals surface area contributed by atoms with Crippen LogP contribution in [-0.2, 0) is 25.3 Å². The van der Waals surface area contributed by atoms with Gasteiger partial charge in [0.1, 0.15) is 0 Å². The monoisotopic (exact) mass is 624 g/mol. The van der Waals surface area contributed by atoms with Crippen molar-refractivity contribution in [2.24, 2.45) is 0 Å². The summed E-state index contributed by atoms with van der Waals surface area (Å²) < 4.78 is 47.3. The molecule has 0 aliphatic carbocycles. The summed E-state index contributed by atoms with van der Waals surface area (Å²) in [6.45, 7) is 2.53. The van der Waals surface area contributed by atoms with Crippen LogP contribution in [0.4, 0.5) is 18.9 Å². The first-order chi connectivity index (χ1) is 21.7. The first-order valence-corrected chi connectivity index (χ1v) is 15.0. The molecule has 1 aliphatic rings. The second-order valence-electron chi connectivity index (χ2n) is 11.0. The van der Waals surface area contributed by atoms with Crippen molar-refractivity contribution < 1.29 is 32.3 Å². The van der Waals surface area contributed by atoms with E-state index in [1.807, 2.05) is 25.1 Å². The molecule has 45 heavy (non-hydrogen) atoms. The van der Waals surface area contributed by atoms with Crippen LogP contribution in [0.2, 0.25) is 0 Å². The number of rotatable bonds is 12. The zero-order valence-corrected chi connectivity index (χ0v) is 24.9. The minimum atomic E-state index is -4.62. The topological polar surface area (TPSA) is 120 Å². The van der Waals surface area contributed by atoms with Crippen molar-refractivity contribution in [1.29, 1.82) is 0 Å². The Morgan fingerprint density at radius 3 is 2.58 bits per heavy atom. The number of ether oxygens (including phenoxy) is 1. The summed E-state index contributed by atoms with van der Waals surface area (Å²) in [5, 5.41) is 7.33. The minimum absolute atomic E-state index is 0.116. The van der Waals surface area contributed by atoms with E-state index in [-0.39, 0.29) is 29.4 Å². The summed E-state index contributed by atoms with van der Waals surface area (Å²) >= 11 is 0. The molecule has 0 bridgehead atoms. The van der Waals surface area contributed by atoms with Crippen LogP contribution >= 0.6 is 0 Å². The predicted octanol–water partition coefficient (Wildman–Crippen LogP) is 6.64. The highest BCUT2D eigenvalue weighted by Gasteiger charge is 2.35. The number of hydrogen-bond acceptors (Lipinski definition) is 7. The van der Waals surface area contributed by atoms with Crippen LogP contribution in [0.5, 0.6) is 0 Å². The number of nitrogens with one attached hydrogen (secondary N) is 2. The maximum Gasteiger partial charge on any atom is 0.434 e. The lowest BCUT2D eigenvalue weighted by Crippen LogP contribution is -2.32. The lowest BCUT2D eigenvalue weighted by Gasteiger charge is -2.22. The van der Waals surface area contributed by atoms with Gasteiger partial charge in [-0.2, -0.15) is 18.3 Å². The normalized spacial score (nSPS) is 15.2. The van der Waals surface area contributed by atoms with Crippen LogP contribution < -0.4 is 10.8 Å². The van der Waals surface area contributed by atoms with Gasteiger partial charge in [-0.3, -0.25) is 14.6 Å². The second-order valence-corrected chi connectivity index (χ2v) is 11.0. The summed E-state index contributed by atoms with van der Waals surface area (Å²) in [6.07, 6.45) is 4.26. The van der Waals surface area contributed by atoms with Gasteiger partial charge < -0.3 is 10.1 Å². The smallest absolute Gasteiger partial charge is 0.350 e. The maximum atomic E-state index is 13.5. The van der Waals surface area contributed by atoms with Crippen LogP contribution in [0.25, 0.3) is 28.2 Å². The van der Waals surface area contributed by atoms with Crippen molar-refractivity contribution in [1.82, 2.24) is 25.1 Å². The van der Waals surface area contributed by atoms with E-state index in [9.17, 15) is 22.8 Å². The third-order valence-electron chi connectivity index (χ3n) is 7.48. The zero-order valence-electron chi connectivity index (χ0n) is 24.9. The number of halogens is 3. The Kier molecular flexibility index (Phi) is 10.4. The first-order valence-electron chi connectivity index (χ1n) is 15.0. The number of pyridine rings is 1. The molecule has 0 spiro atoms. The molecule has 0 saturated carbocycles. The highest BCUT2D eigenvalue weighted by Crippen LogP contribution is 2.35. The van der Waals surface area contributed by atoms with Crippen LogP contribution in [0.3, 0.4) is 0 Å². The van der Waals surface area contributed by atoms with Gasteiger partial charge in [-0.05, 0) is 68.5 Å². The standard InChI is InChI=1S/C32H35F3N6O4/c1-21-13-14-22(26-20-41-27(37-26)16-15-24(39-41)23-9-8-17-36-31(23)32(33,34)35)19-25(21)38-28(42)10-4-2-3-5-11-29(43)40-45-30-12-6-7-18-44-30/h8-9,13-17,19-20,30H,2-7,10-12,18H2,1H3,(H,38,42)(H,40,43). The fourth-order valence-corrected chi connectivity index (χ4v) is 5.04. The van der Waals surface area contributed by atoms with Crippen molar-refractivity contribution in [3.05, 3.63) is 66.1 Å². The Hall–Kier alpha value is -4.36. The Balaban J connectivity index is 1.12. The van der Waals surface area contributed by atoms with Crippen LogP contribution in [0.15, 0.2) is 54.9 Å². The molecule has 5 rings (SSSR count). The summed E-state index contributed by atoms with van der Waals surface area (Å²) in [6, 6.07) is 11.4. The summed E-state index contributed by atoms with van der Waals surface area (Å²) in [7, 11) is 0. The van der Waals surface area contributed by atoms with E-state index >= 15 is 0 Å². The van der Waals surface area contributed by atoms with Gasteiger partial charge in [-0.1, -0.05) is 25.0 Å². The molecule has 1 aromatic carbocycles. The number of hydrogen-bond donors (Lipinski definition) is 2. The minimum Gasteiger partial charge on any atom is -0.350 e. The third kappa shape index (κ3) is 8.64. The molecule has 1 aliphatic heterocycles. The molecule has 2 N–H and O–H groups in total. The van der Waals surface area contributed by atoms with Gasteiger partial charge in [0.25, 0.3) is 0 Å². The van der Waals surface area contributed by atoms with Gasteiger partial charge in [0.2, 0.25) is 11.8 Å². The average molecular weight is 625 g/mol. The number of amides is 2. The highest BCUT2D eigenvalue weighted by molar-refractivity contribution is 5.92. The molecule has 0 radical (unpaired) electrons. The second kappa shape index (κ2) is 14.6. The third-order valence-corrected chi connectivity index (χ3v) is 7.48. The van der Waals surface area contributed by atoms with Crippen molar-refractivity contribution >= 4 is 23.1 Å². The Labute approximate surface area is 258 Å². The molecule has 10 nitrogen and oxygen atoms in total. The number of fused-ring (bicyclic) bond motifs is 1. The number of nitrogens with zero attached hydrogens (tertiary/aromatic N) is 4. The van der Waals surface area contributed by atoms with Gasteiger partial charge in [-0.25, -0.2) is 19.8 Å². The van der Waals surface area contributed by atoms with Crippen molar-refractivity contribution in [2.75, 3.05) is 11.9 Å². The molecule has 238 valence electrons. The Bertz CT molecular complexity index is 1630. The maximum absolute atomic E-state index is 13.5. The van der Waals surface area contributed by atoms with Gasteiger partial charge in [-0.15, -0.1) is 0 Å². The van der Waals surface area contributed by atoms with Gasteiger partial charge >= 0.3 is 6.18 Å². The van der Waals surface area contributed by atoms with Crippen molar-refractivity contribution in [3.8, 4) is 22.5 Å². The molecule has 1 atom stereocenters. The lowest BCUT2D eigenvalue weighted by molar-refractivity contribution is -0.200. The van der Waals surface area contributed by atoms with E-state index < -0.39 is 11.9 Å². The van der Waals surface area contributed by atoms with Gasteiger partial charge in [0.15, 0.2) is 17.6 Å². The van der Waals surface area contributed by atoms with E-state index in [0.29, 0.717) is 49.3 Å². The number of anilines is 1. The number of hydroxylamine groups is 1. The largest absolute Gasteiger partial charge is 0.434 e. The van der Waals surface area contributed by atoms with Crippen molar-refractivity contribution in [2.45, 2.75) is 77.2 Å². The number of unbranched alkanes of at least 4 members (excludes halogenated alkanes) is 3. The summed E-state index contributed by atoms with van der Waals surface area (Å²) in [5.74, 6) is -0.296. The Morgan fingerprint density at radius 1 is 1.02 bits per heavy atom. The summed E-state index contributed by atoms with van der Waals surface area (Å²) in [5.41, 5.74) is 4.70. The number of imidazole rings is 1. The molecule has 13 heteroatoms. The van der Waals surface area contributed by atoms with Gasteiger partial charge in [0.05, 0.1) is 17.6 Å². The SMILES string of the molecule is Cc1ccc(-c2cn3nc(-c4cccnc4C(F)(F)F)ccc3n2)cc1NC(=O)CCCCCCC(=O)NOC1CCCCO1. The number of carbonyl (C=O) groups is 2. The van der Waals surface area contributed by atoms with E-state index in [1.165, 1.54) is 22.7 Å². The molecule has 1 saturated heterocycles. The van der Waals surface area contributed by atoms with Crippen LogP contribution in [-0.4, -0.2) is 44.3 Å². The quantitative estimate of drug-likeness (QED) is 0.134. The first kappa shape index (κ1) is 32.0. The van der Waals surface area contributed by atoms with E-state index in [2.05, 4.69) is 25.9 Å². The number of carbonyl (C=O) groups excluding carboxylic acids is 2. The van der Waals surface area contributed by atoms with Crippen LogP contribution in [0, 0.1) is 6.92 Å². The predicted molar refractivity (Wildman–Crippen MR) is 161 cm³/mol. The van der Waals surface area contributed by atoms with E-state index in [1.54, 1.807) is 12.3 Å². The van der Waals surface area contributed by atoms with Crippen LogP contribution in [0.1, 0.15) is 69.0 Å². The molecule has 4 aromatic rings. The molecule has 1 fully saturated rings. The van der Waals surface area contributed by atoms with Gasteiger partial charge in [0, 0.05) is 48.9 Å².